The third kappa shape index (κ3) is 12.5. The molecule has 0 spiro atoms. The van der Waals surface area contributed by atoms with Crippen LogP contribution in [0.1, 0.15) is 67.4 Å². The Hall–Kier alpha value is -4.91. The Bertz CT molecular complexity index is 1930. The number of carboxylic acids is 1. The monoisotopic (exact) mass is 860 g/mol. The predicted molar refractivity (Wildman–Crippen MR) is 207 cm³/mol. The van der Waals surface area contributed by atoms with E-state index in [2.05, 4.69) is 16.9 Å². The molecule has 2 aromatic carbocycles. The van der Waals surface area contributed by atoms with Gasteiger partial charge in [-0.25, -0.2) is 9.59 Å². The zero-order valence-corrected chi connectivity index (χ0v) is 34.0. The topological polar surface area (TPSA) is 201 Å². The van der Waals surface area contributed by atoms with E-state index in [9.17, 15) is 47.6 Å². The summed E-state index contributed by atoms with van der Waals surface area (Å²) in [7, 11) is 4.29. The number of carbonyl (C=O) groups is 4. The highest BCUT2D eigenvalue weighted by Crippen LogP contribution is 2.39. The standard InChI is InChI=1S/C25H31ClN2O6.C12H11F3N2O5.CH3Cl/c1-15-6-4-5-9-25(31)14-17(33-24(30)27-25)13-20-19(34-20)7-8-22(29)28(2)18-11-16(10-15)12-21(32-3)23(18)26;1-6(11(19)20)16(2)10(18)8-4-3-7(17(21)22)5-9(8)12(13,14)15;1-2/h4-6,11-12,17,19-20,31H,7-10,13-14H2,1-3H3,(H,27,30);3-6H,1-2H3,(H,19,20);1H3/b5-4+,15-6+;;/t17?,19?,20?,25-;6-;/m10./s1. The van der Waals surface area contributed by atoms with Gasteiger partial charge < -0.3 is 34.2 Å². The van der Waals surface area contributed by atoms with Crippen molar-refractivity contribution in [3.63, 3.8) is 0 Å². The first kappa shape index (κ1) is 47.5. The highest BCUT2D eigenvalue weighted by Gasteiger charge is 2.45. The first-order valence-corrected chi connectivity index (χ1v) is 18.8. The van der Waals surface area contributed by atoms with Gasteiger partial charge in [0.15, 0.2) is 0 Å². The van der Waals surface area contributed by atoms with Crippen LogP contribution < -0.4 is 15.0 Å². The molecule has 5 rings (SSSR count). The maximum Gasteiger partial charge on any atom is 0.417 e. The molecule has 0 saturated carbocycles. The average Bonchev–Trinajstić information content (AvgIpc) is 3.91. The number of alkyl halides is 4. The molecule has 2 saturated heterocycles. The van der Waals surface area contributed by atoms with E-state index in [1.807, 2.05) is 37.3 Å². The molecule has 0 aromatic heterocycles. The second kappa shape index (κ2) is 20.2. The van der Waals surface area contributed by atoms with Gasteiger partial charge in [-0.15, -0.1) is 11.6 Å². The number of aliphatic hydroxyl groups is 1. The van der Waals surface area contributed by atoms with Crippen LogP contribution in [0.2, 0.25) is 5.02 Å². The lowest BCUT2D eigenvalue weighted by molar-refractivity contribution is -0.385. The van der Waals surface area contributed by atoms with Crippen molar-refractivity contribution in [1.82, 2.24) is 10.2 Å². The summed E-state index contributed by atoms with van der Waals surface area (Å²) in [6.07, 6.45) is 3.33. The molecule has 20 heteroatoms. The van der Waals surface area contributed by atoms with Crippen molar-refractivity contribution in [3.8, 4) is 5.75 Å². The molecule has 3 amide bonds. The SMILES string of the molecule is CCl.COc1cc2cc(c1Cl)N(C)C(=O)CCC1OC1CC1C[C@](O)(C/C=C/C=C(\C)C2)NC(=O)O1.C[C@@H](C(=O)O)N(C)C(=O)c1ccc([N+](=O)[O-])cc1C(F)(F)F. The van der Waals surface area contributed by atoms with E-state index in [-0.39, 0.29) is 37.0 Å². The minimum absolute atomic E-state index is 0.0777. The largest absolute Gasteiger partial charge is 0.495 e. The second-order valence-electron chi connectivity index (χ2n) is 13.7. The fourth-order valence-electron chi connectivity index (χ4n) is 6.18. The number of methoxy groups -OCH3 is 1. The number of carboxylic acid groups (broad SMARTS) is 1. The van der Waals surface area contributed by atoms with Crippen molar-refractivity contribution in [1.29, 1.82) is 0 Å². The summed E-state index contributed by atoms with van der Waals surface area (Å²) in [5, 5.41) is 33.2. The first-order chi connectivity index (χ1) is 27.1. The summed E-state index contributed by atoms with van der Waals surface area (Å²) in [6.45, 7) is 3.12. The number of benzene rings is 2. The van der Waals surface area contributed by atoms with Gasteiger partial charge in [-0.2, -0.15) is 13.2 Å². The van der Waals surface area contributed by atoms with Crippen molar-refractivity contribution in [2.45, 2.75) is 88.6 Å². The van der Waals surface area contributed by atoms with Crippen LogP contribution in [0.25, 0.3) is 0 Å². The molecule has 318 valence electrons. The van der Waals surface area contributed by atoms with Gasteiger partial charge in [-0.1, -0.05) is 35.4 Å². The lowest BCUT2D eigenvalue weighted by Crippen LogP contribution is -2.56. The minimum atomic E-state index is -5.00. The van der Waals surface area contributed by atoms with E-state index in [0.717, 1.165) is 31.2 Å². The van der Waals surface area contributed by atoms with Gasteiger partial charge in [0.25, 0.3) is 11.6 Å². The number of carbonyl (C=O) groups excluding carboxylic acids is 3. The number of anilines is 1. The number of nitrogens with one attached hydrogen (secondary N) is 1. The van der Waals surface area contributed by atoms with Crippen molar-refractivity contribution in [3.05, 3.63) is 86.0 Å². The molecule has 4 bridgehead atoms. The normalized spacial score (nSPS) is 24.0. The highest BCUT2D eigenvalue weighted by molar-refractivity contribution is 6.35. The number of rotatable bonds is 5. The van der Waals surface area contributed by atoms with E-state index in [1.165, 1.54) is 6.38 Å². The molecule has 15 nitrogen and oxygen atoms in total. The molecule has 3 aliphatic rings. The van der Waals surface area contributed by atoms with Crippen molar-refractivity contribution in [2.75, 3.05) is 32.5 Å². The summed E-state index contributed by atoms with van der Waals surface area (Å²) in [5.41, 5.74) is -1.91. The number of aliphatic carboxylic acids is 1. The smallest absolute Gasteiger partial charge is 0.417 e. The summed E-state index contributed by atoms with van der Waals surface area (Å²) in [6, 6.07) is 4.08. The molecule has 0 radical (unpaired) electrons. The van der Waals surface area contributed by atoms with E-state index in [1.54, 1.807) is 19.1 Å². The maximum absolute atomic E-state index is 13.0. The summed E-state index contributed by atoms with van der Waals surface area (Å²) in [4.78, 5) is 59.5. The number of nitrogens with zero attached hydrogens (tertiary/aromatic N) is 3. The molecule has 2 aromatic rings. The van der Waals surface area contributed by atoms with E-state index < -0.39 is 63.8 Å². The maximum atomic E-state index is 13.0. The third-order valence-corrected chi connectivity index (χ3v) is 9.88. The Labute approximate surface area is 342 Å². The molecule has 3 N–H and O–H groups in total. The fraction of sp³-hybridized carbons (Fsp3) is 0.474. The second-order valence-corrected chi connectivity index (χ2v) is 14.1. The van der Waals surface area contributed by atoms with Crippen LogP contribution in [-0.4, -0.2) is 102 Å². The Morgan fingerprint density at radius 2 is 1.86 bits per heavy atom. The molecule has 58 heavy (non-hydrogen) atoms. The zero-order valence-electron chi connectivity index (χ0n) is 32.5. The lowest BCUT2D eigenvalue weighted by atomic mass is 9.96. The van der Waals surface area contributed by atoms with E-state index in [0.29, 0.717) is 53.1 Å². The Kier molecular flexibility index (Phi) is 16.5. The first-order valence-electron chi connectivity index (χ1n) is 17.7. The van der Waals surface area contributed by atoms with Crippen LogP contribution in [0.15, 0.2) is 54.1 Å². The number of halogens is 5. The van der Waals surface area contributed by atoms with Crippen LogP contribution >= 0.6 is 23.2 Å². The van der Waals surface area contributed by atoms with Crippen molar-refractivity contribution in [2.24, 2.45) is 0 Å². The molecule has 5 atom stereocenters. The van der Waals surface area contributed by atoms with Gasteiger partial charge in [0.2, 0.25) is 5.91 Å². The fourth-order valence-corrected chi connectivity index (χ4v) is 6.49. The van der Waals surface area contributed by atoms with Crippen LogP contribution in [0, 0.1) is 10.1 Å². The summed E-state index contributed by atoms with van der Waals surface area (Å²) < 4.78 is 55.4. The van der Waals surface area contributed by atoms with Crippen LogP contribution in [0.5, 0.6) is 5.75 Å². The number of allylic oxidation sites excluding steroid dienone is 3. The van der Waals surface area contributed by atoms with Crippen LogP contribution in [0.4, 0.5) is 29.3 Å². The predicted octanol–water partition coefficient (Wildman–Crippen LogP) is 6.90. The lowest BCUT2D eigenvalue weighted by Gasteiger charge is -2.36. The number of fused-ring (bicyclic) bond motifs is 5. The van der Waals surface area contributed by atoms with E-state index in [4.69, 9.17) is 30.9 Å². The summed E-state index contributed by atoms with van der Waals surface area (Å²) >= 11 is 11.2. The quantitative estimate of drug-likeness (QED) is 0.122. The van der Waals surface area contributed by atoms with Gasteiger partial charge in [-0.3, -0.25) is 25.0 Å². The van der Waals surface area contributed by atoms with E-state index >= 15 is 0 Å². The van der Waals surface area contributed by atoms with Gasteiger partial charge >= 0.3 is 18.2 Å². The number of hydrogen-bond donors (Lipinski definition) is 3. The van der Waals surface area contributed by atoms with Gasteiger partial charge in [-0.05, 0) is 50.5 Å². The van der Waals surface area contributed by atoms with Crippen molar-refractivity contribution >= 4 is 58.5 Å². The summed E-state index contributed by atoms with van der Waals surface area (Å²) in [5.74, 6) is -2.16. The van der Waals surface area contributed by atoms with Gasteiger partial charge in [0, 0.05) is 58.3 Å². The highest BCUT2D eigenvalue weighted by atomic mass is 35.5. The molecule has 2 fully saturated rings. The number of non-ortho nitro benzene ring substituents is 1. The number of likely N-dealkylation sites (N-methyl/N-ethyl adjacent to an activating group) is 1. The number of alkyl carbamates (subject to hydrolysis) is 1. The Morgan fingerprint density at radius 1 is 1.19 bits per heavy atom. The van der Waals surface area contributed by atoms with Gasteiger partial charge in [0.05, 0.1) is 41.1 Å². The van der Waals surface area contributed by atoms with Crippen molar-refractivity contribution < 1.29 is 61.7 Å². The number of nitro groups is 1. The minimum Gasteiger partial charge on any atom is -0.495 e. The number of ether oxygens (including phenoxy) is 3. The molecule has 0 aliphatic carbocycles. The van der Waals surface area contributed by atoms with Crippen LogP contribution in [0.3, 0.4) is 0 Å². The number of nitro benzene ring substituents is 1. The third-order valence-electron chi connectivity index (χ3n) is 9.50. The molecule has 3 heterocycles. The number of amides is 3. The zero-order chi connectivity index (χ0) is 43.7. The Balaban J connectivity index is 0.000000326. The Morgan fingerprint density at radius 3 is 2.47 bits per heavy atom. The van der Waals surface area contributed by atoms with Gasteiger partial charge in [0.1, 0.15) is 28.6 Å². The number of epoxide rings is 1. The average molecular weight is 862 g/mol. The molecular formula is C38H45Cl2F3N4O11. The molecular weight excluding hydrogens is 816 g/mol. The number of hydrogen-bond acceptors (Lipinski definition) is 10. The van der Waals surface area contributed by atoms with Crippen LogP contribution in [-0.2, 0) is 31.7 Å². The molecule has 3 unspecified atom stereocenters. The molecule has 3 aliphatic heterocycles.